The first kappa shape index (κ1) is 32.2. The molecule has 3 heterocycles. The average molecular weight is 633 g/mol. The molecule has 0 amide bonds. The number of nitrogens with zero attached hydrogens (tertiary/aromatic N) is 2. The first-order chi connectivity index (χ1) is 21.5. The Kier molecular flexibility index (Phi) is 9.90. The number of carbonyl (C=O) groups is 2. The SMILES string of the molecule is COc1cn(C(C[C@@H]2CCCCO2)C(=O)Cc2ccc(C(=O)OC(C)(C)C)cc2)c(=O)cc1-c1cc(Cl)ccc1-c1cnco1. The molecule has 0 aliphatic carbocycles. The minimum atomic E-state index is -0.804. The van der Waals surface area contributed by atoms with E-state index in [1.54, 1.807) is 54.9 Å². The van der Waals surface area contributed by atoms with Crippen LogP contribution in [-0.4, -0.2) is 46.7 Å². The lowest BCUT2D eigenvalue weighted by Gasteiger charge is -2.28. The van der Waals surface area contributed by atoms with Crippen molar-refractivity contribution >= 4 is 23.4 Å². The van der Waals surface area contributed by atoms with Gasteiger partial charge in [-0.05, 0) is 81.5 Å². The Bertz CT molecular complexity index is 1700. The molecule has 5 rings (SSSR count). The zero-order valence-electron chi connectivity index (χ0n) is 25.9. The van der Waals surface area contributed by atoms with E-state index in [9.17, 15) is 14.4 Å². The highest BCUT2D eigenvalue weighted by atomic mass is 35.5. The molecule has 45 heavy (non-hydrogen) atoms. The molecule has 2 aromatic carbocycles. The number of ether oxygens (including phenoxy) is 3. The molecule has 236 valence electrons. The van der Waals surface area contributed by atoms with Crippen LogP contribution >= 0.6 is 11.6 Å². The number of aromatic nitrogens is 2. The van der Waals surface area contributed by atoms with Crippen LogP contribution in [0.5, 0.6) is 5.75 Å². The molecule has 0 N–H and O–H groups in total. The quantitative estimate of drug-likeness (QED) is 0.170. The van der Waals surface area contributed by atoms with Gasteiger partial charge in [-0.2, -0.15) is 0 Å². The number of oxazole rings is 1. The number of methoxy groups -OCH3 is 1. The van der Waals surface area contributed by atoms with Crippen LogP contribution in [0, 0.1) is 0 Å². The van der Waals surface area contributed by atoms with Gasteiger partial charge >= 0.3 is 5.97 Å². The number of halogens is 1. The highest BCUT2D eigenvalue weighted by molar-refractivity contribution is 6.31. The molecule has 1 fully saturated rings. The van der Waals surface area contributed by atoms with Crippen LogP contribution in [0.4, 0.5) is 0 Å². The maximum Gasteiger partial charge on any atom is 0.338 e. The van der Waals surface area contributed by atoms with E-state index in [1.165, 1.54) is 24.1 Å². The molecule has 1 aliphatic heterocycles. The summed E-state index contributed by atoms with van der Waals surface area (Å²) in [7, 11) is 1.51. The highest BCUT2D eigenvalue weighted by Crippen LogP contribution is 2.38. The molecule has 9 nitrogen and oxygen atoms in total. The van der Waals surface area contributed by atoms with Crippen molar-refractivity contribution in [2.45, 2.75) is 70.6 Å². The predicted octanol–water partition coefficient (Wildman–Crippen LogP) is 7.10. The second-order valence-electron chi connectivity index (χ2n) is 12.1. The maximum atomic E-state index is 14.0. The summed E-state index contributed by atoms with van der Waals surface area (Å²) in [5, 5.41) is 0.472. The number of Topliss-reactive ketones (excluding diaryl/α,β-unsaturated/α-hetero) is 1. The summed E-state index contributed by atoms with van der Waals surface area (Å²) >= 11 is 6.37. The molecule has 4 aromatic rings. The third kappa shape index (κ3) is 7.90. The monoisotopic (exact) mass is 632 g/mol. The molecule has 0 bridgehead atoms. The van der Waals surface area contributed by atoms with Gasteiger partial charge in [0.25, 0.3) is 5.56 Å². The van der Waals surface area contributed by atoms with Gasteiger partial charge in [0.1, 0.15) is 11.4 Å². The molecular formula is C35H37ClN2O7. The van der Waals surface area contributed by atoms with Crippen LogP contribution in [0.2, 0.25) is 5.02 Å². The lowest BCUT2D eigenvalue weighted by atomic mass is 9.94. The number of ketones is 1. The number of carbonyl (C=O) groups excluding carboxylic acids is 2. The molecule has 10 heteroatoms. The van der Waals surface area contributed by atoms with Crippen LogP contribution in [0.1, 0.15) is 68.4 Å². The third-order valence-electron chi connectivity index (χ3n) is 7.67. The fourth-order valence-electron chi connectivity index (χ4n) is 5.51. The molecule has 0 saturated carbocycles. The maximum absolute atomic E-state index is 14.0. The van der Waals surface area contributed by atoms with Gasteiger partial charge in [-0.15, -0.1) is 0 Å². The van der Waals surface area contributed by atoms with E-state index in [1.807, 2.05) is 20.8 Å². The number of esters is 1. The van der Waals surface area contributed by atoms with Gasteiger partial charge < -0.3 is 23.2 Å². The molecule has 0 radical (unpaired) electrons. The fraction of sp³-hybridized carbons (Fsp3) is 0.371. The van der Waals surface area contributed by atoms with Crippen molar-refractivity contribution in [3.05, 3.63) is 93.8 Å². The van der Waals surface area contributed by atoms with E-state index >= 15 is 0 Å². The molecule has 2 atom stereocenters. The Labute approximate surface area is 267 Å². The summed E-state index contributed by atoms with van der Waals surface area (Å²) in [5.41, 5.74) is 1.95. The minimum Gasteiger partial charge on any atom is -0.495 e. The Morgan fingerprint density at radius 3 is 2.49 bits per heavy atom. The zero-order chi connectivity index (χ0) is 32.1. The standard InChI is InChI=1S/C35H37ClN2O7/c1-35(2,3)45-34(41)23-10-8-22(9-11-23)15-30(39)29(17-25-7-5-6-14-43-25)38-20-32(42-4)28(18-33(38)40)27-16-24(36)12-13-26(27)31-19-37-21-44-31/h8-13,16,18-21,25,29H,5-7,14-15,17H2,1-4H3/t25-,29?/m0/s1. The van der Waals surface area contributed by atoms with Gasteiger partial charge in [-0.3, -0.25) is 9.59 Å². The summed E-state index contributed by atoms with van der Waals surface area (Å²) in [6.45, 7) is 6.04. The van der Waals surface area contributed by atoms with Crippen LogP contribution in [-0.2, 0) is 20.7 Å². The molecule has 2 aromatic heterocycles. The van der Waals surface area contributed by atoms with Gasteiger partial charge in [0, 0.05) is 41.7 Å². The molecule has 0 spiro atoms. The smallest absolute Gasteiger partial charge is 0.338 e. The van der Waals surface area contributed by atoms with Crippen LogP contribution < -0.4 is 10.3 Å². The number of rotatable bonds is 10. The Balaban J connectivity index is 1.49. The summed E-state index contributed by atoms with van der Waals surface area (Å²) < 4.78 is 24.2. The first-order valence-electron chi connectivity index (χ1n) is 15.0. The normalized spacial score (nSPS) is 15.8. The summed E-state index contributed by atoms with van der Waals surface area (Å²) in [5.74, 6) is 0.309. The summed E-state index contributed by atoms with van der Waals surface area (Å²) in [6, 6.07) is 12.7. The van der Waals surface area contributed by atoms with Gasteiger partial charge in [-0.25, -0.2) is 9.78 Å². The summed E-state index contributed by atoms with van der Waals surface area (Å²) in [6.07, 6.45) is 7.51. The number of pyridine rings is 1. The topological polar surface area (TPSA) is 110 Å². The van der Waals surface area contributed by atoms with Gasteiger partial charge in [0.2, 0.25) is 0 Å². The van der Waals surface area contributed by atoms with Crippen molar-refractivity contribution in [2.75, 3.05) is 13.7 Å². The van der Waals surface area contributed by atoms with E-state index < -0.39 is 17.6 Å². The van der Waals surface area contributed by atoms with Crippen molar-refractivity contribution in [2.24, 2.45) is 0 Å². The summed E-state index contributed by atoms with van der Waals surface area (Å²) in [4.78, 5) is 44.3. The van der Waals surface area contributed by atoms with Crippen LogP contribution in [0.25, 0.3) is 22.5 Å². The fourth-order valence-corrected chi connectivity index (χ4v) is 5.68. The Hall–Kier alpha value is -4.21. The average Bonchev–Trinajstić information content (AvgIpc) is 3.55. The number of hydrogen-bond donors (Lipinski definition) is 0. The van der Waals surface area contributed by atoms with Crippen molar-refractivity contribution in [3.8, 4) is 28.2 Å². The van der Waals surface area contributed by atoms with Crippen molar-refractivity contribution < 1.29 is 28.2 Å². The van der Waals surface area contributed by atoms with Crippen LogP contribution in [0.3, 0.4) is 0 Å². The van der Waals surface area contributed by atoms with Crippen LogP contribution in [0.15, 0.2) is 76.5 Å². The van der Waals surface area contributed by atoms with Crippen molar-refractivity contribution in [1.29, 1.82) is 0 Å². The van der Waals surface area contributed by atoms with E-state index in [0.717, 1.165) is 19.3 Å². The number of hydrogen-bond acceptors (Lipinski definition) is 8. The second kappa shape index (κ2) is 13.8. The Morgan fingerprint density at radius 2 is 1.84 bits per heavy atom. The predicted molar refractivity (Wildman–Crippen MR) is 171 cm³/mol. The lowest BCUT2D eigenvalue weighted by Crippen LogP contribution is -2.34. The van der Waals surface area contributed by atoms with Gasteiger partial charge in [0.15, 0.2) is 17.9 Å². The largest absolute Gasteiger partial charge is 0.495 e. The minimum absolute atomic E-state index is 0.0619. The lowest BCUT2D eigenvalue weighted by molar-refractivity contribution is -0.123. The third-order valence-corrected chi connectivity index (χ3v) is 7.90. The Morgan fingerprint density at radius 1 is 1.07 bits per heavy atom. The second-order valence-corrected chi connectivity index (χ2v) is 12.6. The molecule has 1 unspecified atom stereocenters. The molecule has 1 aliphatic rings. The van der Waals surface area contributed by atoms with Crippen molar-refractivity contribution in [1.82, 2.24) is 9.55 Å². The van der Waals surface area contributed by atoms with E-state index in [-0.39, 0.29) is 23.9 Å². The number of benzene rings is 2. The molecular weight excluding hydrogens is 596 g/mol. The van der Waals surface area contributed by atoms with Gasteiger partial charge in [0.05, 0.1) is 37.2 Å². The van der Waals surface area contributed by atoms with E-state index in [0.29, 0.717) is 57.4 Å². The van der Waals surface area contributed by atoms with Crippen molar-refractivity contribution in [3.63, 3.8) is 0 Å². The van der Waals surface area contributed by atoms with E-state index in [2.05, 4.69) is 4.98 Å². The van der Waals surface area contributed by atoms with E-state index in [4.69, 9.17) is 30.2 Å². The highest BCUT2D eigenvalue weighted by Gasteiger charge is 2.29. The first-order valence-corrected chi connectivity index (χ1v) is 15.4. The van der Waals surface area contributed by atoms with Gasteiger partial charge in [-0.1, -0.05) is 23.7 Å². The zero-order valence-corrected chi connectivity index (χ0v) is 26.6. The molecule has 1 saturated heterocycles.